The van der Waals surface area contributed by atoms with Crippen molar-refractivity contribution in [2.45, 2.75) is 25.8 Å². The number of hydrogen-bond acceptors (Lipinski definition) is 4. The second-order valence-corrected chi connectivity index (χ2v) is 5.80. The summed E-state index contributed by atoms with van der Waals surface area (Å²) in [6, 6.07) is 1.43. The van der Waals surface area contributed by atoms with Crippen molar-refractivity contribution >= 4 is 23.2 Å². The van der Waals surface area contributed by atoms with Crippen molar-refractivity contribution in [1.82, 2.24) is 9.80 Å². The number of nitrogens with two attached hydrogens (primary N) is 1. The van der Waals surface area contributed by atoms with E-state index >= 15 is 0 Å². The monoisotopic (exact) mass is 295 g/mol. The van der Waals surface area contributed by atoms with Gasteiger partial charge in [-0.05, 0) is 17.9 Å². The van der Waals surface area contributed by atoms with Crippen LogP contribution in [0, 0.1) is 0 Å². The first-order chi connectivity index (χ1) is 9.63. The van der Waals surface area contributed by atoms with E-state index in [1.807, 2.05) is 23.8 Å². The predicted octanol–water partition coefficient (Wildman–Crippen LogP) is 1.16. The van der Waals surface area contributed by atoms with Crippen LogP contribution in [0.2, 0.25) is 0 Å². The first-order valence-electron chi connectivity index (χ1n) is 6.99. The van der Waals surface area contributed by atoms with E-state index in [0.717, 1.165) is 12.0 Å². The first kappa shape index (κ1) is 15.0. The number of piperazine rings is 1. The van der Waals surface area contributed by atoms with Gasteiger partial charge >= 0.3 is 0 Å². The third-order valence-corrected chi connectivity index (χ3v) is 4.25. The second kappa shape index (κ2) is 6.85. The lowest BCUT2D eigenvalue weighted by molar-refractivity contribution is -0.134. The fourth-order valence-electron chi connectivity index (χ4n) is 2.37. The van der Waals surface area contributed by atoms with E-state index in [9.17, 15) is 9.59 Å². The third kappa shape index (κ3) is 3.37. The summed E-state index contributed by atoms with van der Waals surface area (Å²) in [7, 11) is 0. The zero-order valence-corrected chi connectivity index (χ0v) is 12.6. The molecule has 110 valence electrons. The van der Waals surface area contributed by atoms with Gasteiger partial charge in [-0.25, -0.2) is 0 Å². The van der Waals surface area contributed by atoms with Crippen LogP contribution in [-0.4, -0.2) is 53.8 Å². The standard InChI is InChI=1S/C14H21N3O2S/c1-2-3-12(15)14(19)17-7-5-16(6-8-17)13(18)11-4-9-20-10-11/h4,9-10,12H,2-3,5-8,15H2,1H3/t12-/m0/s1. The van der Waals surface area contributed by atoms with E-state index in [4.69, 9.17) is 5.73 Å². The topological polar surface area (TPSA) is 66.6 Å². The van der Waals surface area contributed by atoms with Gasteiger partial charge < -0.3 is 15.5 Å². The molecule has 5 nitrogen and oxygen atoms in total. The Morgan fingerprint density at radius 3 is 2.50 bits per heavy atom. The number of amides is 2. The molecule has 6 heteroatoms. The van der Waals surface area contributed by atoms with E-state index in [1.165, 1.54) is 11.3 Å². The minimum absolute atomic E-state index is 0.00878. The first-order valence-corrected chi connectivity index (χ1v) is 7.93. The van der Waals surface area contributed by atoms with Crippen molar-refractivity contribution in [3.63, 3.8) is 0 Å². The molecule has 1 atom stereocenters. The van der Waals surface area contributed by atoms with Crippen LogP contribution in [0.4, 0.5) is 0 Å². The minimum Gasteiger partial charge on any atom is -0.338 e. The Labute approximate surface area is 123 Å². The quantitative estimate of drug-likeness (QED) is 0.906. The summed E-state index contributed by atoms with van der Waals surface area (Å²) in [5.41, 5.74) is 6.59. The molecule has 2 heterocycles. The Hall–Kier alpha value is -1.40. The van der Waals surface area contributed by atoms with Crippen molar-refractivity contribution in [1.29, 1.82) is 0 Å². The van der Waals surface area contributed by atoms with Crippen LogP contribution in [0.3, 0.4) is 0 Å². The lowest BCUT2D eigenvalue weighted by Crippen LogP contribution is -2.54. The predicted molar refractivity (Wildman–Crippen MR) is 79.7 cm³/mol. The molecule has 0 radical (unpaired) electrons. The van der Waals surface area contributed by atoms with Crippen LogP contribution in [0.25, 0.3) is 0 Å². The van der Waals surface area contributed by atoms with Gasteiger partial charge in [-0.2, -0.15) is 11.3 Å². The van der Waals surface area contributed by atoms with Crippen molar-refractivity contribution in [2.24, 2.45) is 5.73 Å². The molecular formula is C14H21N3O2S. The van der Waals surface area contributed by atoms with Gasteiger partial charge in [0.1, 0.15) is 0 Å². The fourth-order valence-corrected chi connectivity index (χ4v) is 3.00. The molecule has 0 aliphatic carbocycles. The molecule has 0 unspecified atom stereocenters. The van der Waals surface area contributed by atoms with Crippen molar-refractivity contribution in [3.8, 4) is 0 Å². The van der Waals surface area contributed by atoms with Crippen LogP contribution < -0.4 is 5.73 Å². The largest absolute Gasteiger partial charge is 0.338 e. The average Bonchev–Trinajstić information content (AvgIpc) is 3.00. The molecule has 2 N–H and O–H groups in total. The maximum absolute atomic E-state index is 12.2. The molecule has 1 aromatic heterocycles. The van der Waals surface area contributed by atoms with Crippen molar-refractivity contribution < 1.29 is 9.59 Å². The Morgan fingerprint density at radius 2 is 1.95 bits per heavy atom. The summed E-state index contributed by atoms with van der Waals surface area (Å²) < 4.78 is 0. The van der Waals surface area contributed by atoms with Crippen LogP contribution in [-0.2, 0) is 4.79 Å². The minimum atomic E-state index is -0.404. The van der Waals surface area contributed by atoms with Gasteiger partial charge in [-0.1, -0.05) is 13.3 Å². The van der Waals surface area contributed by atoms with E-state index in [0.29, 0.717) is 32.6 Å². The second-order valence-electron chi connectivity index (χ2n) is 5.02. The Kier molecular flexibility index (Phi) is 5.14. The summed E-state index contributed by atoms with van der Waals surface area (Å²) in [6.07, 6.45) is 1.62. The zero-order chi connectivity index (χ0) is 14.5. The maximum Gasteiger partial charge on any atom is 0.254 e. The zero-order valence-electron chi connectivity index (χ0n) is 11.7. The molecule has 1 saturated heterocycles. The normalized spacial score (nSPS) is 17.1. The van der Waals surface area contributed by atoms with Crippen LogP contribution in [0.15, 0.2) is 16.8 Å². The van der Waals surface area contributed by atoms with Gasteiger partial charge in [0.2, 0.25) is 5.91 Å². The lowest BCUT2D eigenvalue weighted by Gasteiger charge is -2.35. The SMILES string of the molecule is CCC[C@H](N)C(=O)N1CCN(C(=O)c2ccsc2)CC1. The molecular weight excluding hydrogens is 274 g/mol. The van der Waals surface area contributed by atoms with Gasteiger partial charge in [0.05, 0.1) is 11.6 Å². The Bertz CT molecular complexity index is 453. The number of rotatable bonds is 4. The molecule has 0 saturated carbocycles. The molecule has 1 aliphatic rings. The summed E-state index contributed by atoms with van der Waals surface area (Å²) in [4.78, 5) is 27.8. The molecule has 0 bridgehead atoms. The highest BCUT2D eigenvalue weighted by atomic mass is 32.1. The van der Waals surface area contributed by atoms with Gasteiger partial charge in [0.25, 0.3) is 5.91 Å². The summed E-state index contributed by atoms with van der Waals surface area (Å²) >= 11 is 1.52. The highest BCUT2D eigenvalue weighted by molar-refractivity contribution is 7.08. The van der Waals surface area contributed by atoms with Crippen LogP contribution >= 0.6 is 11.3 Å². The molecule has 20 heavy (non-hydrogen) atoms. The molecule has 2 rings (SSSR count). The van der Waals surface area contributed by atoms with E-state index in [-0.39, 0.29) is 11.8 Å². The number of nitrogens with zero attached hydrogens (tertiary/aromatic N) is 2. The number of thiophene rings is 1. The van der Waals surface area contributed by atoms with Crippen LogP contribution in [0.1, 0.15) is 30.1 Å². The Balaban J connectivity index is 1.86. The summed E-state index contributed by atoms with van der Waals surface area (Å²) in [5, 5.41) is 3.76. The lowest BCUT2D eigenvalue weighted by atomic mass is 10.1. The fraction of sp³-hybridized carbons (Fsp3) is 0.571. The highest BCUT2D eigenvalue weighted by Gasteiger charge is 2.27. The maximum atomic E-state index is 12.2. The molecule has 1 aliphatic heterocycles. The number of carbonyl (C=O) groups excluding carboxylic acids is 2. The van der Waals surface area contributed by atoms with E-state index in [2.05, 4.69) is 0 Å². The van der Waals surface area contributed by atoms with Gasteiger partial charge in [-0.15, -0.1) is 0 Å². The molecule has 0 aromatic carbocycles. The van der Waals surface area contributed by atoms with Crippen molar-refractivity contribution in [2.75, 3.05) is 26.2 Å². The van der Waals surface area contributed by atoms with Crippen molar-refractivity contribution in [3.05, 3.63) is 22.4 Å². The number of carbonyl (C=O) groups is 2. The van der Waals surface area contributed by atoms with E-state index in [1.54, 1.807) is 9.80 Å². The summed E-state index contributed by atoms with van der Waals surface area (Å²) in [6.45, 7) is 4.33. The molecule has 1 aromatic rings. The molecule has 2 amide bonds. The Morgan fingerprint density at radius 1 is 1.30 bits per heavy atom. The van der Waals surface area contributed by atoms with Crippen LogP contribution in [0.5, 0.6) is 0 Å². The van der Waals surface area contributed by atoms with Gasteiger partial charge in [-0.3, -0.25) is 9.59 Å². The highest BCUT2D eigenvalue weighted by Crippen LogP contribution is 2.12. The van der Waals surface area contributed by atoms with Gasteiger partial charge in [0.15, 0.2) is 0 Å². The third-order valence-electron chi connectivity index (χ3n) is 3.56. The average molecular weight is 295 g/mol. The molecule has 1 fully saturated rings. The smallest absolute Gasteiger partial charge is 0.254 e. The van der Waals surface area contributed by atoms with E-state index < -0.39 is 6.04 Å². The van der Waals surface area contributed by atoms with Gasteiger partial charge in [0, 0.05) is 31.6 Å². The summed E-state index contributed by atoms with van der Waals surface area (Å²) in [5.74, 6) is 0.0608. The number of hydrogen-bond donors (Lipinski definition) is 1. The molecule has 0 spiro atoms.